The zero-order chi connectivity index (χ0) is 13.9. The van der Waals surface area contributed by atoms with Crippen LogP contribution in [0, 0.1) is 17.8 Å². The minimum atomic E-state index is -0.168. The largest absolute Gasteiger partial charge is 0.347 e. The van der Waals surface area contributed by atoms with Gasteiger partial charge in [0.15, 0.2) is 0 Å². The van der Waals surface area contributed by atoms with Gasteiger partial charge < -0.3 is 11.1 Å². The van der Waals surface area contributed by atoms with Crippen molar-refractivity contribution in [3.8, 4) is 11.8 Å². The summed E-state index contributed by atoms with van der Waals surface area (Å²) < 4.78 is 0. The quantitative estimate of drug-likeness (QED) is 0.802. The molecule has 3 N–H and O–H groups in total. The molecule has 100 valence electrons. The van der Waals surface area contributed by atoms with Gasteiger partial charge >= 0.3 is 0 Å². The highest BCUT2D eigenvalue weighted by Gasteiger charge is 2.39. The van der Waals surface area contributed by atoms with Gasteiger partial charge in [-0.25, -0.2) is 0 Å². The summed E-state index contributed by atoms with van der Waals surface area (Å²) in [5.41, 5.74) is 6.37. The molecule has 0 spiro atoms. The molecule has 0 aromatic carbocycles. The standard InChI is InChI=1S/C15H19N3O/c1-15(2,12-5-6-12)18-14(19)13-7-9-17-10-11(13)4-3-8-16/h7,9-10,12H,5-6,8,16H2,1-2H3,(H,18,19). The molecule has 0 saturated heterocycles. The Balaban J connectivity index is 2.19. The Morgan fingerprint density at radius 2 is 2.32 bits per heavy atom. The van der Waals surface area contributed by atoms with Crippen molar-refractivity contribution in [3.05, 3.63) is 29.6 Å². The monoisotopic (exact) mass is 257 g/mol. The predicted molar refractivity (Wildman–Crippen MR) is 74.4 cm³/mol. The highest BCUT2D eigenvalue weighted by Crippen LogP contribution is 2.39. The Morgan fingerprint density at radius 3 is 2.95 bits per heavy atom. The highest BCUT2D eigenvalue weighted by molar-refractivity contribution is 5.97. The normalized spacial score (nSPS) is 14.5. The van der Waals surface area contributed by atoms with E-state index in [1.54, 1.807) is 18.5 Å². The van der Waals surface area contributed by atoms with Gasteiger partial charge in [0, 0.05) is 17.9 Å². The summed E-state index contributed by atoms with van der Waals surface area (Å²) in [6.45, 7) is 4.40. The number of aromatic nitrogens is 1. The Morgan fingerprint density at radius 1 is 1.58 bits per heavy atom. The van der Waals surface area contributed by atoms with Crippen molar-refractivity contribution in [1.82, 2.24) is 10.3 Å². The Kier molecular flexibility index (Phi) is 3.87. The number of carbonyl (C=O) groups is 1. The minimum absolute atomic E-state index is 0.0966. The number of hydrogen-bond donors (Lipinski definition) is 2. The van der Waals surface area contributed by atoms with Gasteiger partial charge in [-0.15, -0.1) is 0 Å². The van der Waals surface area contributed by atoms with E-state index in [-0.39, 0.29) is 18.0 Å². The molecule has 19 heavy (non-hydrogen) atoms. The van der Waals surface area contributed by atoms with E-state index in [2.05, 4.69) is 36.0 Å². The molecule has 1 amide bonds. The molecule has 2 rings (SSSR count). The van der Waals surface area contributed by atoms with E-state index < -0.39 is 0 Å². The molecular weight excluding hydrogens is 238 g/mol. The van der Waals surface area contributed by atoms with Crippen LogP contribution in [0.1, 0.15) is 42.6 Å². The molecule has 4 nitrogen and oxygen atoms in total. The van der Waals surface area contributed by atoms with Gasteiger partial charge in [0.1, 0.15) is 0 Å². The number of nitrogens with two attached hydrogens (primary N) is 1. The molecule has 0 unspecified atom stereocenters. The minimum Gasteiger partial charge on any atom is -0.347 e. The molecule has 0 aliphatic heterocycles. The molecule has 1 fully saturated rings. The van der Waals surface area contributed by atoms with Crippen molar-refractivity contribution in [2.45, 2.75) is 32.2 Å². The van der Waals surface area contributed by atoms with Gasteiger partial charge in [-0.3, -0.25) is 9.78 Å². The van der Waals surface area contributed by atoms with Crippen LogP contribution in [0.25, 0.3) is 0 Å². The lowest BCUT2D eigenvalue weighted by Gasteiger charge is -2.26. The van der Waals surface area contributed by atoms with E-state index in [1.807, 2.05) is 0 Å². The van der Waals surface area contributed by atoms with Crippen molar-refractivity contribution in [2.24, 2.45) is 11.7 Å². The van der Waals surface area contributed by atoms with Crippen molar-refractivity contribution in [1.29, 1.82) is 0 Å². The summed E-state index contributed by atoms with van der Waals surface area (Å²) in [5, 5.41) is 3.09. The summed E-state index contributed by atoms with van der Waals surface area (Å²) in [6, 6.07) is 1.69. The number of carbonyl (C=O) groups excluding carboxylic acids is 1. The van der Waals surface area contributed by atoms with E-state index in [9.17, 15) is 4.79 Å². The molecule has 1 saturated carbocycles. The maximum absolute atomic E-state index is 12.3. The lowest BCUT2D eigenvalue weighted by molar-refractivity contribution is 0.0903. The number of pyridine rings is 1. The van der Waals surface area contributed by atoms with E-state index in [0.29, 0.717) is 17.0 Å². The van der Waals surface area contributed by atoms with Gasteiger partial charge in [-0.1, -0.05) is 11.8 Å². The first kappa shape index (κ1) is 13.6. The molecule has 1 aliphatic carbocycles. The van der Waals surface area contributed by atoms with Crippen molar-refractivity contribution in [3.63, 3.8) is 0 Å². The molecule has 1 aromatic heterocycles. The lowest BCUT2D eigenvalue weighted by Crippen LogP contribution is -2.45. The first-order valence-corrected chi connectivity index (χ1v) is 6.50. The highest BCUT2D eigenvalue weighted by atomic mass is 16.1. The van der Waals surface area contributed by atoms with Crippen LogP contribution in [0.3, 0.4) is 0 Å². The number of nitrogens with one attached hydrogen (secondary N) is 1. The summed E-state index contributed by atoms with van der Waals surface area (Å²) >= 11 is 0. The molecule has 1 aromatic rings. The average molecular weight is 257 g/mol. The fourth-order valence-electron chi connectivity index (χ4n) is 2.11. The fraction of sp³-hybridized carbons (Fsp3) is 0.467. The van der Waals surface area contributed by atoms with Gasteiger partial charge in [0.05, 0.1) is 17.7 Å². The van der Waals surface area contributed by atoms with Crippen LogP contribution >= 0.6 is 0 Å². The molecule has 0 atom stereocenters. The lowest BCUT2D eigenvalue weighted by atomic mass is 9.97. The van der Waals surface area contributed by atoms with Crippen molar-refractivity contribution in [2.75, 3.05) is 6.54 Å². The van der Waals surface area contributed by atoms with Crippen LogP contribution in [0.2, 0.25) is 0 Å². The van der Waals surface area contributed by atoms with E-state index in [4.69, 9.17) is 5.73 Å². The Hall–Kier alpha value is -1.86. The summed E-state index contributed by atoms with van der Waals surface area (Å²) in [4.78, 5) is 16.3. The third kappa shape index (κ3) is 3.33. The molecule has 0 radical (unpaired) electrons. The van der Waals surface area contributed by atoms with Gasteiger partial charge in [-0.2, -0.15) is 0 Å². The Bertz CT molecular complexity index is 536. The van der Waals surface area contributed by atoms with E-state index in [1.165, 1.54) is 12.8 Å². The molecule has 1 heterocycles. The van der Waals surface area contributed by atoms with Gasteiger partial charge in [-0.05, 0) is 38.7 Å². The van der Waals surface area contributed by atoms with Crippen LogP contribution < -0.4 is 11.1 Å². The van der Waals surface area contributed by atoms with Crippen LogP contribution in [-0.4, -0.2) is 23.0 Å². The topological polar surface area (TPSA) is 68.0 Å². The number of rotatable bonds is 3. The Labute approximate surface area is 113 Å². The molecule has 4 heteroatoms. The zero-order valence-electron chi connectivity index (χ0n) is 11.4. The maximum atomic E-state index is 12.3. The zero-order valence-corrected chi connectivity index (χ0v) is 11.4. The first-order valence-electron chi connectivity index (χ1n) is 6.50. The van der Waals surface area contributed by atoms with Crippen molar-refractivity contribution >= 4 is 5.91 Å². The smallest absolute Gasteiger partial charge is 0.253 e. The predicted octanol–water partition coefficient (Wildman–Crippen LogP) is 1.31. The second-order valence-corrected chi connectivity index (χ2v) is 5.38. The second kappa shape index (κ2) is 5.41. The average Bonchev–Trinajstić information content (AvgIpc) is 3.20. The molecular formula is C15H19N3O. The molecule has 1 aliphatic rings. The molecule has 0 bridgehead atoms. The van der Waals surface area contributed by atoms with E-state index in [0.717, 1.165) is 0 Å². The van der Waals surface area contributed by atoms with Crippen LogP contribution in [0.4, 0.5) is 0 Å². The third-order valence-corrected chi connectivity index (χ3v) is 3.42. The summed E-state index contributed by atoms with van der Waals surface area (Å²) in [6.07, 6.45) is 5.57. The van der Waals surface area contributed by atoms with Gasteiger partial charge in [0.25, 0.3) is 5.91 Å². The van der Waals surface area contributed by atoms with Crippen molar-refractivity contribution < 1.29 is 4.79 Å². The summed E-state index contributed by atoms with van der Waals surface area (Å²) in [5.74, 6) is 6.13. The number of amides is 1. The SMILES string of the molecule is CC(C)(NC(=O)c1ccncc1C#CCN)C1CC1. The van der Waals surface area contributed by atoms with Crippen LogP contribution in [0.5, 0.6) is 0 Å². The van der Waals surface area contributed by atoms with Crippen LogP contribution in [0.15, 0.2) is 18.5 Å². The van der Waals surface area contributed by atoms with E-state index >= 15 is 0 Å². The van der Waals surface area contributed by atoms with Gasteiger partial charge in [0.2, 0.25) is 0 Å². The fourth-order valence-corrected chi connectivity index (χ4v) is 2.11. The van der Waals surface area contributed by atoms with Crippen LogP contribution in [-0.2, 0) is 0 Å². The number of hydrogen-bond acceptors (Lipinski definition) is 3. The maximum Gasteiger partial charge on any atom is 0.253 e. The first-order chi connectivity index (χ1) is 9.04. The third-order valence-electron chi connectivity index (χ3n) is 3.42. The summed E-state index contributed by atoms with van der Waals surface area (Å²) in [7, 11) is 0. The second-order valence-electron chi connectivity index (χ2n) is 5.38. The number of nitrogens with zero attached hydrogens (tertiary/aromatic N) is 1.